The molecular weight excluding hydrogens is 262 g/mol. The van der Waals surface area contributed by atoms with Crippen molar-refractivity contribution >= 4 is 12.4 Å². The van der Waals surface area contributed by atoms with E-state index in [1.165, 1.54) is 0 Å². The van der Waals surface area contributed by atoms with Gasteiger partial charge in [0.25, 0.3) is 6.47 Å². The van der Waals surface area contributed by atoms with Crippen molar-refractivity contribution in [2.45, 2.75) is 19.4 Å². The van der Waals surface area contributed by atoms with E-state index >= 15 is 0 Å². The van der Waals surface area contributed by atoms with Crippen LogP contribution in [0.15, 0.2) is 30.9 Å². The number of hydrogen-bond donors (Lipinski definition) is 3. The van der Waals surface area contributed by atoms with Gasteiger partial charge in [0.2, 0.25) is 5.91 Å². The molecule has 0 radical (unpaired) electrons. The average Bonchev–Trinajstić information content (AvgIpc) is 3.12. The van der Waals surface area contributed by atoms with E-state index in [0.717, 1.165) is 5.82 Å². The number of carbonyl (C=O) groups is 2. The molecule has 0 fully saturated rings. The molecule has 3 N–H and O–H groups in total. The summed E-state index contributed by atoms with van der Waals surface area (Å²) in [4.78, 5) is 27.2. The van der Waals surface area contributed by atoms with Gasteiger partial charge in [0.1, 0.15) is 11.9 Å². The van der Waals surface area contributed by atoms with E-state index in [9.17, 15) is 4.79 Å². The lowest BCUT2D eigenvalue weighted by Gasteiger charge is -2.12. The van der Waals surface area contributed by atoms with Crippen LogP contribution in [-0.4, -0.2) is 43.8 Å². The van der Waals surface area contributed by atoms with Gasteiger partial charge in [-0.2, -0.15) is 5.10 Å². The topological polar surface area (TPSA) is 113 Å². The van der Waals surface area contributed by atoms with Crippen molar-refractivity contribution in [2.24, 2.45) is 0 Å². The number of nitrogens with one attached hydrogen (secondary N) is 2. The predicted octanol–water partition coefficient (Wildman–Crippen LogP) is 0.227. The Labute approximate surface area is 115 Å². The molecule has 0 saturated carbocycles. The maximum atomic E-state index is 11.8. The number of aromatic nitrogens is 4. The summed E-state index contributed by atoms with van der Waals surface area (Å²) < 4.78 is 1.63. The van der Waals surface area contributed by atoms with Crippen LogP contribution in [0.4, 0.5) is 0 Å². The average molecular weight is 279 g/mol. The molecule has 8 heteroatoms. The summed E-state index contributed by atoms with van der Waals surface area (Å²) in [5, 5.41) is 13.8. The Kier molecular flexibility index (Phi) is 6.52. The number of rotatable bonds is 5. The number of imidazole rings is 1. The number of nitrogens with zero attached hydrogens (tertiary/aromatic N) is 3. The molecule has 0 aliphatic carbocycles. The van der Waals surface area contributed by atoms with E-state index in [-0.39, 0.29) is 18.4 Å². The SMILES string of the molecule is CC(C(=O)NCCc1ncc[nH]1)n1cccn1.O=CO. The zero-order chi connectivity index (χ0) is 14.8. The first-order chi connectivity index (χ1) is 9.69. The molecule has 0 aliphatic rings. The number of carboxylic acid groups (broad SMARTS) is 1. The van der Waals surface area contributed by atoms with Crippen LogP contribution in [0.5, 0.6) is 0 Å². The first-order valence-electron chi connectivity index (χ1n) is 6.02. The lowest BCUT2D eigenvalue weighted by Crippen LogP contribution is -2.32. The van der Waals surface area contributed by atoms with Crippen LogP contribution in [0.3, 0.4) is 0 Å². The summed E-state index contributed by atoms with van der Waals surface area (Å²) in [6.45, 7) is 2.13. The standard InChI is InChI=1S/C11H15N5O.CH2O2/c1-9(16-8-2-4-15-16)11(17)14-5-3-10-12-6-7-13-10;2-1-3/h2,4,6-9H,3,5H2,1H3,(H,12,13)(H,14,17);1H,(H,2,3). The highest BCUT2D eigenvalue weighted by molar-refractivity contribution is 5.79. The molecule has 8 nitrogen and oxygen atoms in total. The number of carbonyl (C=O) groups excluding carboxylic acids is 1. The van der Waals surface area contributed by atoms with Gasteiger partial charge >= 0.3 is 0 Å². The third-order valence-electron chi connectivity index (χ3n) is 2.52. The van der Waals surface area contributed by atoms with Gasteiger partial charge < -0.3 is 15.4 Å². The summed E-state index contributed by atoms with van der Waals surface area (Å²) in [6, 6.07) is 1.51. The summed E-state index contributed by atoms with van der Waals surface area (Å²) >= 11 is 0. The summed E-state index contributed by atoms with van der Waals surface area (Å²) in [6.07, 6.45) is 7.60. The molecule has 0 aromatic carbocycles. The van der Waals surface area contributed by atoms with Gasteiger partial charge in [-0.3, -0.25) is 14.3 Å². The van der Waals surface area contributed by atoms with Crippen molar-refractivity contribution in [3.63, 3.8) is 0 Å². The van der Waals surface area contributed by atoms with E-state index in [1.807, 2.05) is 6.92 Å². The van der Waals surface area contributed by atoms with Gasteiger partial charge in [-0.1, -0.05) is 0 Å². The van der Waals surface area contributed by atoms with E-state index in [1.54, 1.807) is 35.5 Å². The minimum absolute atomic E-state index is 0.0414. The molecule has 0 saturated heterocycles. The second-order valence-electron chi connectivity index (χ2n) is 3.84. The van der Waals surface area contributed by atoms with Crippen LogP contribution in [0, 0.1) is 0 Å². The second kappa shape index (κ2) is 8.46. The smallest absolute Gasteiger partial charge is 0.290 e. The molecule has 2 aromatic rings. The number of hydrogen-bond acceptors (Lipinski definition) is 4. The van der Waals surface area contributed by atoms with Gasteiger partial charge in [-0.25, -0.2) is 4.98 Å². The van der Waals surface area contributed by atoms with Gasteiger partial charge in [0.05, 0.1) is 0 Å². The summed E-state index contributed by atoms with van der Waals surface area (Å²) in [5.74, 6) is 0.831. The van der Waals surface area contributed by atoms with Gasteiger partial charge in [0.15, 0.2) is 0 Å². The van der Waals surface area contributed by atoms with Crippen molar-refractivity contribution in [3.05, 3.63) is 36.7 Å². The molecule has 108 valence electrons. The first-order valence-corrected chi connectivity index (χ1v) is 6.02. The van der Waals surface area contributed by atoms with Crippen molar-refractivity contribution in [3.8, 4) is 0 Å². The summed E-state index contributed by atoms with van der Waals surface area (Å²) in [7, 11) is 0. The lowest BCUT2D eigenvalue weighted by atomic mass is 10.3. The molecule has 1 amide bonds. The number of H-pyrrole nitrogens is 1. The first kappa shape index (κ1) is 15.4. The maximum absolute atomic E-state index is 11.8. The molecular formula is C12H17N5O3. The molecule has 0 aliphatic heterocycles. The van der Waals surface area contributed by atoms with Crippen LogP contribution in [0.2, 0.25) is 0 Å². The summed E-state index contributed by atoms with van der Waals surface area (Å²) in [5.41, 5.74) is 0. The van der Waals surface area contributed by atoms with Crippen LogP contribution < -0.4 is 5.32 Å². The van der Waals surface area contributed by atoms with Crippen molar-refractivity contribution < 1.29 is 14.7 Å². The van der Waals surface area contributed by atoms with E-state index in [0.29, 0.717) is 13.0 Å². The Morgan fingerprint density at radius 3 is 2.90 bits per heavy atom. The lowest BCUT2D eigenvalue weighted by molar-refractivity contribution is -0.124. The molecule has 1 unspecified atom stereocenters. The second-order valence-corrected chi connectivity index (χ2v) is 3.84. The fourth-order valence-electron chi connectivity index (χ4n) is 1.52. The van der Waals surface area contributed by atoms with Crippen LogP contribution in [0.1, 0.15) is 18.8 Å². The van der Waals surface area contributed by atoms with Crippen LogP contribution in [0.25, 0.3) is 0 Å². The molecule has 2 aromatic heterocycles. The van der Waals surface area contributed by atoms with Crippen molar-refractivity contribution in [1.29, 1.82) is 0 Å². The zero-order valence-electron chi connectivity index (χ0n) is 11.1. The monoisotopic (exact) mass is 279 g/mol. The molecule has 2 rings (SSSR count). The highest BCUT2D eigenvalue weighted by atomic mass is 16.3. The van der Waals surface area contributed by atoms with E-state index in [2.05, 4.69) is 20.4 Å². The fourth-order valence-corrected chi connectivity index (χ4v) is 1.52. The van der Waals surface area contributed by atoms with Crippen LogP contribution >= 0.6 is 0 Å². The fraction of sp³-hybridized carbons (Fsp3) is 0.333. The third-order valence-corrected chi connectivity index (χ3v) is 2.52. The quantitative estimate of drug-likeness (QED) is 0.678. The Morgan fingerprint density at radius 2 is 2.35 bits per heavy atom. The predicted molar refractivity (Wildman–Crippen MR) is 70.9 cm³/mol. The molecule has 2 heterocycles. The van der Waals surface area contributed by atoms with Gasteiger partial charge in [-0.15, -0.1) is 0 Å². The van der Waals surface area contributed by atoms with E-state index in [4.69, 9.17) is 9.90 Å². The Bertz CT molecular complexity index is 495. The van der Waals surface area contributed by atoms with Gasteiger partial charge in [-0.05, 0) is 13.0 Å². The highest BCUT2D eigenvalue weighted by Crippen LogP contribution is 2.02. The molecule has 0 bridgehead atoms. The third kappa shape index (κ3) is 4.92. The maximum Gasteiger partial charge on any atom is 0.290 e. The van der Waals surface area contributed by atoms with Crippen LogP contribution in [-0.2, 0) is 16.0 Å². The molecule has 20 heavy (non-hydrogen) atoms. The molecule has 1 atom stereocenters. The van der Waals surface area contributed by atoms with Gasteiger partial charge in [0, 0.05) is 37.8 Å². The number of aromatic amines is 1. The zero-order valence-corrected chi connectivity index (χ0v) is 11.1. The minimum Gasteiger partial charge on any atom is -0.483 e. The minimum atomic E-state index is -0.290. The van der Waals surface area contributed by atoms with Crippen molar-refractivity contribution in [1.82, 2.24) is 25.1 Å². The number of amides is 1. The van der Waals surface area contributed by atoms with Crippen molar-refractivity contribution in [2.75, 3.05) is 6.54 Å². The Morgan fingerprint density at radius 1 is 1.60 bits per heavy atom. The Hall–Kier alpha value is -2.64. The van der Waals surface area contributed by atoms with E-state index < -0.39 is 0 Å². The largest absolute Gasteiger partial charge is 0.483 e. The normalized spacial score (nSPS) is 11.1. The molecule has 0 spiro atoms. The Balaban J connectivity index is 0.000000612. The highest BCUT2D eigenvalue weighted by Gasteiger charge is 2.13.